The number of aliphatic carboxylic acids is 1. The van der Waals surface area contributed by atoms with Crippen LogP contribution in [0.5, 0.6) is 0 Å². The van der Waals surface area contributed by atoms with Crippen LogP contribution in [0.2, 0.25) is 0 Å². The quantitative estimate of drug-likeness (QED) is 0.429. The van der Waals surface area contributed by atoms with Gasteiger partial charge in [0.05, 0.1) is 5.56 Å². The summed E-state index contributed by atoms with van der Waals surface area (Å²) in [7, 11) is 1.64. The normalized spacial score (nSPS) is 20.4. The molecule has 0 aliphatic carbocycles. The number of likely N-dealkylation sites (tertiary alicyclic amines) is 1. The van der Waals surface area contributed by atoms with Gasteiger partial charge >= 0.3 is 30.6 Å². The van der Waals surface area contributed by atoms with Crippen molar-refractivity contribution in [2.75, 3.05) is 31.6 Å². The molecule has 16 heteroatoms. The van der Waals surface area contributed by atoms with Crippen molar-refractivity contribution < 1.29 is 58.9 Å². The first-order valence-corrected chi connectivity index (χ1v) is 12.2. The third-order valence-electron chi connectivity index (χ3n) is 7.50. The number of rotatable bonds is 6. The molecule has 0 spiro atoms. The molecule has 1 aromatic carbocycles. The molecule has 0 radical (unpaired) electrons. The Morgan fingerprint density at radius 3 is 2.12 bits per heavy atom. The van der Waals surface area contributed by atoms with Crippen LogP contribution in [0.3, 0.4) is 0 Å². The molecule has 1 N–H and O–H groups in total. The van der Waals surface area contributed by atoms with Gasteiger partial charge in [0.15, 0.2) is 0 Å². The number of nitrogens with zero attached hydrogens (tertiary/aromatic N) is 3. The number of hydrogen-bond acceptors (Lipinski definition) is 5. The first-order chi connectivity index (χ1) is 18.2. The minimum atomic E-state index is -5.84. The molecule has 2 fully saturated rings. The molecule has 3 rings (SSSR count). The molecule has 0 saturated carbocycles. The first-order valence-electron chi connectivity index (χ1n) is 12.2. The van der Waals surface area contributed by atoms with E-state index in [9.17, 15) is 54.2 Å². The summed E-state index contributed by atoms with van der Waals surface area (Å²) in [6, 6.07) is 2.05. The summed E-state index contributed by atoms with van der Waals surface area (Å²) in [5.74, 6) is -1.17. The van der Waals surface area contributed by atoms with Crippen LogP contribution >= 0.6 is 0 Å². The maximum absolute atomic E-state index is 13.5. The van der Waals surface area contributed by atoms with Crippen LogP contribution in [0.25, 0.3) is 0 Å². The van der Waals surface area contributed by atoms with Crippen LogP contribution in [0.4, 0.5) is 50.0 Å². The lowest BCUT2D eigenvalue weighted by Crippen LogP contribution is -2.54. The number of alkyl halides is 9. The second-order valence-corrected chi connectivity index (χ2v) is 10.2. The Bertz CT molecular complexity index is 1070. The molecule has 1 atom stereocenters. The zero-order valence-electron chi connectivity index (χ0n) is 21.5. The zero-order chi connectivity index (χ0) is 30.3. The van der Waals surface area contributed by atoms with E-state index in [1.54, 1.807) is 18.9 Å². The maximum atomic E-state index is 13.5. The molecule has 1 aromatic rings. The Morgan fingerprint density at radius 2 is 1.62 bits per heavy atom. The van der Waals surface area contributed by atoms with Crippen molar-refractivity contribution in [1.82, 2.24) is 9.80 Å². The van der Waals surface area contributed by atoms with Crippen molar-refractivity contribution in [3.8, 4) is 0 Å². The molecule has 40 heavy (non-hydrogen) atoms. The summed E-state index contributed by atoms with van der Waals surface area (Å²) in [5.41, 5.74) is -1.17. The Hall–Kier alpha value is -2.91. The molecule has 226 valence electrons. The summed E-state index contributed by atoms with van der Waals surface area (Å²) < 4.78 is 121. The van der Waals surface area contributed by atoms with E-state index in [1.807, 2.05) is 0 Å². The molecule has 7 nitrogen and oxygen atoms in total. The summed E-state index contributed by atoms with van der Waals surface area (Å²) in [4.78, 5) is 27.7. The number of carbonyl (C=O) groups excluding carboxylic acids is 1. The van der Waals surface area contributed by atoms with E-state index in [4.69, 9.17) is 0 Å². The predicted octanol–water partition coefficient (Wildman–Crippen LogP) is 5.67. The highest BCUT2D eigenvalue weighted by molar-refractivity contribution is 5.79. The predicted molar refractivity (Wildman–Crippen MR) is 123 cm³/mol. The number of carboxylic acid groups (broad SMARTS) is 1. The van der Waals surface area contributed by atoms with Crippen molar-refractivity contribution in [1.29, 1.82) is 0 Å². The number of amides is 1. The number of hydrogen-bond donors (Lipinski definition) is 1. The number of ether oxygens (including phenoxy) is 1. The Kier molecular flexibility index (Phi) is 8.82. The highest BCUT2D eigenvalue weighted by atomic mass is 19.4. The van der Waals surface area contributed by atoms with Crippen molar-refractivity contribution in [2.24, 2.45) is 0 Å². The number of anilines is 1. The van der Waals surface area contributed by atoms with Gasteiger partial charge in [-0.25, -0.2) is 9.59 Å². The minimum Gasteiger partial charge on any atom is -0.480 e. The average Bonchev–Trinajstić information content (AvgIpc) is 3.31. The molecule has 2 heterocycles. The number of benzene rings is 1. The molecule has 2 saturated heterocycles. The van der Waals surface area contributed by atoms with Crippen molar-refractivity contribution in [3.05, 3.63) is 29.3 Å². The van der Waals surface area contributed by atoms with E-state index in [0.29, 0.717) is 12.0 Å². The van der Waals surface area contributed by atoms with Gasteiger partial charge in [-0.15, -0.1) is 0 Å². The van der Waals surface area contributed by atoms with Crippen molar-refractivity contribution in [2.45, 2.75) is 75.4 Å². The van der Waals surface area contributed by atoms with Gasteiger partial charge in [0.25, 0.3) is 6.10 Å². The average molecular weight is 593 g/mol. The van der Waals surface area contributed by atoms with E-state index < -0.39 is 53.8 Å². The third-order valence-corrected chi connectivity index (χ3v) is 7.50. The number of carbonyl (C=O) groups is 2. The van der Waals surface area contributed by atoms with E-state index in [2.05, 4.69) is 4.74 Å². The summed E-state index contributed by atoms with van der Waals surface area (Å²) in [6.45, 7) is 1.58. The van der Waals surface area contributed by atoms with E-state index in [0.717, 1.165) is 17.0 Å². The second kappa shape index (κ2) is 11.2. The van der Waals surface area contributed by atoms with E-state index in [1.165, 1.54) is 11.0 Å². The third kappa shape index (κ3) is 7.04. The molecular formula is C24H28F9N3O4. The van der Waals surface area contributed by atoms with Gasteiger partial charge in [-0.1, -0.05) is 6.07 Å². The summed E-state index contributed by atoms with van der Waals surface area (Å²) in [6.07, 6.45) is -21.4. The van der Waals surface area contributed by atoms with Crippen LogP contribution in [0.15, 0.2) is 18.2 Å². The Balaban J connectivity index is 1.75. The van der Waals surface area contributed by atoms with E-state index >= 15 is 0 Å². The maximum Gasteiger partial charge on any atom is 0.434 e. The standard InChI is InChI=1S/C24H28F9N3O4/c1-21(7-10-35(11-8-21)20(39)40-19(23(28,29)30)24(31,32)33)34(2)13-14-5-6-15(22(25,26)27)12-17(14)36-9-3-4-16(36)18(37)38/h5-6,12,16,19H,3-4,7-11,13H2,1-2H3,(H,37,38). The topological polar surface area (TPSA) is 73.3 Å². The fraction of sp³-hybridized carbons (Fsp3) is 0.667. The lowest BCUT2D eigenvalue weighted by Gasteiger charge is -2.45. The fourth-order valence-corrected chi connectivity index (χ4v) is 4.95. The van der Waals surface area contributed by atoms with Gasteiger partial charge in [-0.2, -0.15) is 39.5 Å². The molecule has 2 aliphatic rings. The lowest BCUT2D eigenvalue weighted by molar-refractivity contribution is -0.308. The Labute approximate surface area is 223 Å². The van der Waals surface area contributed by atoms with Crippen LogP contribution < -0.4 is 4.90 Å². The van der Waals surface area contributed by atoms with Gasteiger partial charge < -0.3 is 19.6 Å². The monoisotopic (exact) mass is 593 g/mol. The van der Waals surface area contributed by atoms with Crippen LogP contribution in [-0.4, -0.2) is 83.7 Å². The molecule has 1 amide bonds. The number of carboxylic acids is 1. The lowest BCUT2D eigenvalue weighted by atomic mass is 9.87. The zero-order valence-corrected chi connectivity index (χ0v) is 21.5. The fourth-order valence-electron chi connectivity index (χ4n) is 4.95. The summed E-state index contributed by atoms with van der Waals surface area (Å²) in [5, 5.41) is 9.56. The van der Waals surface area contributed by atoms with Crippen molar-refractivity contribution in [3.63, 3.8) is 0 Å². The largest absolute Gasteiger partial charge is 0.480 e. The van der Waals surface area contributed by atoms with Gasteiger partial charge in [-0.05, 0) is 57.4 Å². The minimum absolute atomic E-state index is 0.0570. The number of piperidine rings is 1. The molecule has 0 aromatic heterocycles. The molecule has 1 unspecified atom stereocenters. The molecule has 2 aliphatic heterocycles. The summed E-state index contributed by atoms with van der Waals surface area (Å²) >= 11 is 0. The van der Waals surface area contributed by atoms with Gasteiger partial charge in [-0.3, -0.25) is 4.90 Å². The second-order valence-electron chi connectivity index (χ2n) is 10.2. The van der Waals surface area contributed by atoms with Gasteiger partial charge in [0.1, 0.15) is 6.04 Å². The Morgan fingerprint density at radius 1 is 1.05 bits per heavy atom. The van der Waals surface area contributed by atoms with Gasteiger partial charge in [0.2, 0.25) is 0 Å². The highest BCUT2D eigenvalue weighted by Gasteiger charge is 2.60. The first kappa shape index (κ1) is 31.6. The SMILES string of the molecule is CN(Cc1ccc(C(F)(F)F)cc1N1CCCC1C(=O)O)C1(C)CCN(C(=O)OC(C(F)(F)F)C(F)(F)F)CC1. The van der Waals surface area contributed by atoms with Crippen LogP contribution in [0.1, 0.15) is 43.7 Å². The molecular weight excluding hydrogens is 565 g/mol. The smallest absolute Gasteiger partial charge is 0.434 e. The molecule has 0 bridgehead atoms. The highest BCUT2D eigenvalue weighted by Crippen LogP contribution is 2.39. The van der Waals surface area contributed by atoms with Crippen LogP contribution in [-0.2, 0) is 22.3 Å². The van der Waals surface area contributed by atoms with Gasteiger partial charge in [0, 0.05) is 37.4 Å². The van der Waals surface area contributed by atoms with E-state index in [-0.39, 0.29) is 51.1 Å². The van der Waals surface area contributed by atoms with Crippen molar-refractivity contribution >= 4 is 17.7 Å². The van der Waals surface area contributed by atoms with Crippen LogP contribution in [0, 0.1) is 0 Å². The number of halogens is 9.